The molecule has 1 rings (SSSR count). The van der Waals surface area contributed by atoms with Crippen LogP contribution in [0.5, 0.6) is 0 Å². The Balaban J connectivity index is 2.22. The van der Waals surface area contributed by atoms with E-state index in [2.05, 4.69) is 12.2 Å². The van der Waals surface area contributed by atoms with Crippen LogP contribution in [0.2, 0.25) is 5.54 Å². The maximum atomic E-state index is 11.4. The van der Waals surface area contributed by atoms with Crippen molar-refractivity contribution < 1.29 is 14.3 Å². The van der Waals surface area contributed by atoms with Crippen molar-refractivity contribution in [1.82, 2.24) is 10.2 Å². The number of rotatable bonds is 9. The van der Waals surface area contributed by atoms with Crippen LogP contribution in [-0.4, -0.2) is 59.2 Å². The molecule has 1 fully saturated rings. The van der Waals surface area contributed by atoms with Gasteiger partial charge in [0.15, 0.2) is 0 Å². The third-order valence-corrected chi connectivity index (χ3v) is 5.21. The number of carbonyl (C=O) groups excluding carboxylic acids is 1. The fourth-order valence-electron chi connectivity index (χ4n) is 2.10. The van der Waals surface area contributed by atoms with Gasteiger partial charge in [-0.2, -0.15) is 0 Å². The summed E-state index contributed by atoms with van der Waals surface area (Å²) in [6.07, 6.45) is 1.05. The van der Waals surface area contributed by atoms with E-state index in [9.17, 15) is 4.79 Å². The highest BCUT2D eigenvalue weighted by Gasteiger charge is 2.21. The first-order chi connectivity index (χ1) is 8.67. The van der Waals surface area contributed by atoms with Crippen molar-refractivity contribution in [2.45, 2.75) is 38.6 Å². The molecule has 1 atom stereocenters. The van der Waals surface area contributed by atoms with Gasteiger partial charge < -0.3 is 19.7 Å². The van der Waals surface area contributed by atoms with Gasteiger partial charge in [0.2, 0.25) is 0 Å². The van der Waals surface area contributed by atoms with Crippen LogP contribution >= 0.6 is 0 Å². The number of carbonyl (C=O) groups is 1. The Morgan fingerprint density at radius 1 is 1.39 bits per heavy atom. The minimum atomic E-state index is -0.430. The van der Waals surface area contributed by atoms with Crippen molar-refractivity contribution in [3.63, 3.8) is 0 Å². The largest absolute Gasteiger partial charge is 0.357 e. The van der Waals surface area contributed by atoms with E-state index in [1.807, 2.05) is 18.7 Å². The first-order valence-corrected chi connectivity index (χ1v) is 8.56. The molecule has 1 saturated heterocycles. The van der Waals surface area contributed by atoms with Gasteiger partial charge >= 0.3 is 6.03 Å². The lowest BCUT2D eigenvalue weighted by Gasteiger charge is -2.22. The second kappa shape index (κ2) is 8.50. The van der Waals surface area contributed by atoms with Crippen molar-refractivity contribution in [2.75, 3.05) is 32.8 Å². The molecule has 0 bridgehead atoms. The van der Waals surface area contributed by atoms with E-state index in [0.717, 1.165) is 26.1 Å². The first kappa shape index (κ1) is 15.5. The molecule has 2 amide bonds. The summed E-state index contributed by atoms with van der Waals surface area (Å²) in [6, 6.07) is 0.0787. The van der Waals surface area contributed by atoms with Gasteiger partial charge in [-0.25, -0.2) is 4.79 Å². The summed E-state index contributed by atoms with van der Waals surface area (Å²) in [5.74, 6) is 0.0300. The van der Waals surface area contributed by atoms with Crippen LogP contribution in [0.3, 0.4) is 0 Å². The molecule has 0 spiro atoms. The van der Waals surface area contributed by atoms with E-state index in [0.29, 0.717) is 18.8 Å². The van der Waals surface area contributed by atoms with Gasteiger partial charge in [-0.1, -0.05) is 6.92 Å². The maximum Gasteiger partial charge on any atom is 0.317 e. The van der Waals surface area contributed by atoms with Crippen LogP contribution < -0.4 is 5.32 Å². The van der Waals surface area contributed by atoms with E-state index in [1.165, 1.54) is 0 Å². The highest BCUT2D eigenvalue weighted by atomic mass is 28.2. The van der Waals surface area contributed by atoms with Crippen LogP contribution in [0, 0.1) is 0 Å². The average Bonchev–Trinajstić information content (AvgIpc) is 2.73. The molecule has 1 N–H and O–H groups in total. The molecule has 5 nitrogen and oxygen atoms in total. The van der Waals surface area contributed by atoms with Crippen molar-refractivity contribution in [1.29, 1.82) is 0 Å². The van der Waals surface area contributed by atoms with E-state index in [-0.39, 0.29) is 11.9 Å². The highest BCUT2D eigenvalue weighted by molar-refractivity contribution is 6.38. The third-order valence-electron chi connectivity index (χ3n) is 3.14. The van der Waals surface area contributed by atoms with Gasteiger partial charge in [0, 0.05) is 32.8 Å². The molecular formula is C12H26N2O3Si. The number of hydrogen-bond donors (Lipinski definition) is 1. The average molecular weight is 274 g/mol. The Bertz CT molecular complexity index is 247. The molecule has 1 unspecified atom stereocenters. The molecule has 0 aromatic carbocycles. The van der Waals surface area contributed by atoms with E-state index >= 15 is 0 Å². The Kier molecular flexibility index (Phi) is 7.30. The zero-order valence-electron chi connectivity index (χ0n) is 11.8. The van der Waals surface area contributed by atoms with Gasteiger partial charge in [-0.3, -0.25) is 0 Å². The molecule has 1 aliphatic rings. The fourth-order valence-corrected chi connectivity index (χ4v) is 3.92. The van der Waals surface area contributed by atoms with Gasteiger partial charge in [0.25, 0.3) is 0 Å². The second-order valence-electron chi connectivity index (χ2n) is 4.69. The number of nitrogens with one attached hydrogen (secondary N) is 1. The zero-order valence-corrected chi connectivity index (χ0v) is 13.2. The van der Waals surface area contributed by atoms with E-state index < -0.39 is 9.52 Å². The number of urea groups is 1. The lowest BCUT2D eigenvalue weighted by Crippen LogP contribution is -2.32. The van der Waals surface area contributed by atoms with E-state index in [4.69, 9.17) is 9.47 Å². The zero-order chi connectivity index (χ0) is 13.4. The molecule has 0 radical (unpaired) electrons. The van der Waals surface area contributed by atoms with Gasteiger partial charge in [0.1, 0.15) is 5.91 Å². The monoisotopic (exact) mass is 274 g/mol. The Morgan fingerprint density at radius 3 is 2.56 bits per heavy atom. The minimum Gasteiger partial charge on any atom is -0.357 e. The first-order valence-electron chi connectivity index (χ1n) is 6.93. The van der Waals surface area contributed by atoms with Crippen LogP contribution in [0.15, 0.2) is 0 Å². The molecule has 18 heavy (non-hydrogen) atoms. The lowest BCUT2D eigenvalue weighted by molar-refractivity contribution is -0.0833. The Morgan fingerprint density at radius 2 is 2.06 bits per heavy atom. The molecule has 0 aromatic rings. The SMILES string of the molecule is CCOC(OCC)[SiH2]C(C)CCN1CCNC1=O. The summed E-state index contributed by atoms with van der Waals surface area (Å²) >= 11 is 0. The van der Waals surface area contributed by atoms with Crippen LogP contribution in [-0.2, 0) is 9.47 Å². The summed E-state index contributed by atoms with van der Waals surface area (Å²) < 4.78 is 11.2. The molecule has 0 saturated carbocycles. The summed E-state index contributed by atoms with van der Waals surface area (Å²) in [4.78, 5) is 13.3. The standard InChI is InChI=1S/C12H26N2O3Si/c1-4-16-12(17-5-2)18-10(3)6-8-14-9-7-13-11(14)15/h10,12H,4-9,18H2,1-3H3,(H,13,15). The van der Waals surface area contributed by atoms with Crippen molar-refractivity contribution in [2.24, 2.45) is 0 Å². The van der Waals surface area contributed by atoms with Crippen molar-refractivity contribution >= 4 is 15.6 Å². The predicted octanol–water partition coefficient (Wildman–Crippen LogP) is 0.735. The number of ether oxygens (including phenoxy) is 2. The van der Waals surface area contributed by atoms with Crippen LogP contribution in [0.4, 0.5) is 4.79 Å². The smallest absolute Gasteiger partial charge is 0.317 e. The summed E-state index contributed by atoms with van der Waals surface area (Å²) in [5.41, 5.74) is 0.626. The molecule has 6 heteroatoms. The quantitative estimate of drug-likeness (QED) is 0.498. The van der Waals surface area contributed by atoms with Gasteiger partial charge in [-0.05, 0) is 25.8 Å². The van der Waals surface area contributed by atoms with Crippen LogP contribution in [0.1, 0.15) is 27.2 Å². The summed E-state index contributed by atoms with van der Waals surface area (Å²) in [5, 5.41) is 2.82. The number of hydrogen-bond acceptors (Lipinski definition) is 3. The van der Waals surface area contributed by atoms with Crippen LogP contribution in [0.25, 0.3) is 0 Å². The van der Waals surface area contributed by atoms with E-state index in [1.54, 1.807) is 0 Å². The number of nitrogens with zero attached hydrogens (tertiary/aromatic N) is 1. The fraction of sp³-hybridized carbons (Fsp3) is 0.917. The molecule has 106 valence electrons. The Hall–Kier alpha value is -0.593. The van der Waals surface area contributed by atoms with Gasteiger partial charge in [-0.15, -0.1) is 0 Å². The normalized spacial score (nSPS) is 18.0. The molecule has 1 heterocycles. The minimum absolute atomic E-state index is 0.0300. The molecular weight excluding hydrogens is 248 g/mol. The molecule has 0 aromatic heterocycles. The topological polar surface area (TPSA) is 50.8 Å². The van der Waals surface area contributed by atoms with Crippen molar-refractivity contribution in [3.8, 4) is 0 Å². The lowest BCUT2D eigenvalue weighted by atomic mass is 10.3. The second-order valence-corrected chi connectivity index (χ2v) is 7.22. The Labute approximate surface area is 112 Å². The third kappa shape index (κ3) is 5.37. The molecule has 1 aliphatic heterocycles. The van der Waals surface area contributed by atoms with Gasteiger partial charge in [0.05, 0.1) is 9.52 Å². The summed E-state index contributed by atoms with van der Waals surface area (Å²) in [7, 11) is -0.430. The molecule has 0 aliphatic carbocycles. The highest BCUT2D eigenvalue weighted by Crippen LogP contribution is 2.13. The van der Waals surface area contributed by atoms with Crippen molar-refractivity contribution in [3.05, 3.63) is 0 Å². The maximum absolute atomic E-state index is 11.4. The number of amides is 2. The predicted molar refractivity (Wildman–Crippen MR) is 74.6 cm³/mol. The summed E-state index contributed by atoms with van der Waals surface area (Å²) in [6.45, 7) is 10.1.